The summed E-state index contributed by atoms with van der Waals surface area (Å²) in [5, 5.41) is 14.6. The summed E-state index contributed by atoms with van der Waals surface area (Å²) in [5.74, 6) is -1.64. The van der Waals surface area contributed by atoms with Crippen LogP contribution in [0.1, 0.15) is 47.2 Å². The topological polar surface area (TPSA) is 105 Å². The molecule has 1 aliphatic rings. The molecule has 0 spiro atoms. The summed E-state index contributed by atoms with van der Waals surface area (Å²) in [6.07, 6.45) is 0.372. The van der Waals surface area contributed by atoms with E-state index in [4.69, 9.17) is 4.74 Å². The quantitative estimate of drug-likeness (QED) is 0.337. The van der Waals surface area contributed by atoms with Gasteiger partial charge in [0.1, 0.15) is 12.6 Å². The van der Waals surface area contributed by atoms with Gasteiger partial charge in [-0.05, 0) is 46.9 Å². The number of alkyl carbamates (subject to hydrolysis) is 1. The van der Waals surface area contributed by atoms with E-state index < -0.39 is 24.0 Å². The van der Waals surface area contributed by atoms with Gasteiger partial charge in [-0.15, -0.1) is 0 Å². The number of carbonyl (C=O) groups excluding carboxylic acids is 2. The molecule has 0 heterocycles. The molecule has 0 fully saturated rings. The van der Waals surface area contributed by atoms with Gasteiger partial charge in [0, 0.05) is 16.1 Å². The standard InChI is InChI=1S/C27H25BrN2O5/c1-2-7-24(25(31)29-18-13-16(26(32)33)12-17(28)14-18)30-27(34)35-15-23-21-10-5-3-8-19(21)20-9-4-6-11-22(20)23/h3-6,8-14,23-24H,2,7,15H2,1H3,(H,29,31)(H,30,34)(H,32,33)/t24-/m1/s1. The van der Waals surface area contributed by atoms with Crippen LogP contribution in [0.2, 0.25) is 0 Å². The van der Waals surface area contributed by atoms with Gasteiger partial charge in [0.15, 0.2) is 0 Å². The third kappa shape index (κ3) is 5.54. The molecule has 2 amide bonds. The Kier molecular flexibility index (Phi) is 7.51. The Labute approximate surface area is 211 Å². The molecule has 0 unspecified atom stereocenters. The molecular weight excluding hydrogens is 512 g/mol. The van der Waals surface area contributed by atoms with Gasteiger partial charge in [0.05, 0.1) is 5.56 Å². The molecule has 0 bridgehead atoms. The van der Waals surface area contributed by atoms with E-state index in [0.29, 0.717) is 23.0 Å². The van der Waals surface area contributed by atoms with Gasteiger partial charge >= 0.3 is 12.1 Å². The minimum Gasteiger partial charge on any atom is -0.478 e. The van der Waals surface area contributed by atoms with E-state index in [1.165, 1.54) is 12.1 Å². The van der Waals surface area contributed by atoms with Crippen molar-refractivity contribution in [2.24, 2.45) is 0 Å². The Bertz CT molecular complexity index is 1230. The largest absolute Gasteiger partial charge is 0.478 e. The normalized spacial score (nSPS) is 12.9. The lowest BCUT2D eigenvalue weighted by atomic mass is 9.98. The molecular formula is C27H25BrN2O5. The fourth-order valence-corrected chi connectivity index (χ4v) is 4.85. The number of carbonyl (C=O) groups is 3. The Balaban J connectivity index is 1.42. The van der Waals surface area contributed by atoms with E-state index in [9.17, 15) is 19.5 Å². The Morgan fingerprint density at radius 2 is 1.63 bits per heavy atom. The molecule has 3 aromatic rings. The maximum atomic E-state index is 12.9. The van der Waals surface area contributed by atoms with Gasteiger partial charge in [0.2, 0.25) is 5.91 Å². The maximum absolute atomic E-state index is 12.9. The van der Waals surface area contributed by atoms with Crippen molar-refractivity contribution in [1.29, 1.82) is 0 Å². The second-order valence-electron chi connectivity index (χ2n) is 8.33. The number of anilines is 1. The second kappa shape index (κ2) is 10.7. The summed E-state index contributed by atoms with van der Waals surface area (Å²) in [6, 6.07) is 19.7. The Hall–Kier alpha value is -3.65. The minimum absolute atomic E-state index is 0.0335. The highest BCUT2D eigenvalue weighted by Gasteiger charge is 2.29. The predicted octanol–water partition coefficient (Wildman–Crippen LogP) is 5.79. The second-order valence-corrected chi connectivity index (χ2v) is 9.25. The van der Waals surface area contributed by atoms with Crippen molar-refractivity contribution in [3.63, 3.8) is 0 Å². The zero-order chi connectivity index (χ0) is 24.9. The average Bonchev–Trinajstić information content (AvgIpc) is 3.16. The number of halogens is 1. The number of nitrogens with one attached hydrogen (secondary N) is 2. The van der Waals surface area contributed by atoms with E-state index in [-0.39, 0.29) is 18.1 Å². The third-order valence-corrected chi connectivity index (χ3v) is 6.40. The van der Waals surface area contributed by atoms with Crippen molar-refractivity contribution in [2.75, 3.05) is 11.9 Å². The van der Waals surface area contributed by atoms with Crippen LogP contribution in [0.25, 0.3) is 11.1 Å². The van der Waals surface area contributed by atoms with Crippen LogP contribution in [0, 0.1) is 0 Å². The molecule has 3 aromatic carbocycles. The number of ether oxygens (including phenoxy) is 1. The molecule has 1 aliphatic carbocycles. The van der Waals surface area contributed by atoms with E-state index in [1.54, 1.807) is 6.07 Å². The van der Waals surface area contributed by atoms with Crippen LogP contribution in [0.5, 0.6) is 0 Å². The molecule has 35 heavy (non-hydrogen) atoms. The van der Waals surface area contributed by atoms with Gasteiger partial charge in [-0.3, -0.25) is 4.79 Å². The lowest BCUT2D eigenvalue weighted by molar-refractivity contribution is -0.118. The zero-order valence-electron chi connectivity index (χ0n) is 19.1. The van der Waals surface area contributed by atoms with Crippen LogP contribution >= 0.6 is 15.9 Å². The van der Waals surface area contributed by atoms with Crippen LogP contribution < -0.4 is 10.6 Å². The molecule has 0 saturated carbocycles. The lowest BCUT2D eigenvalue weighted by Crippen LogP contribution is -2.44. The number of benzene rings is 3. The summed E-state index contributed by atoms with van der Waals surface area (Å²) in [5.41, 5.74) is 4.83. The molecule has 4 rings (SSSR count). The van der Waals surface area contributed by atoms with Crippen molar-refractivity contribution in [3.05, 3.63) is 87.9 Å². The predicted molar refractivity (Wildman–Crippen MR) is 137 cm³/mol. The van der Waals surface area contributed by atoms with Crippen molar-refractivity contribution in [2.45, 2.75) is 31.7 Å². The highest BCUT2D eigenvalue weighted by atomic mass is 79.9. The molecule has 8 heteroatoms. The first-order chi connectivity index (χ1) is 16.9. The fourth-order valence-electron chi connectivity index (χ4n) is 4.35. The molecule has 0 aromatic heterocycles. The van der Waals surface area contributed by atoms with Gasteiger partial charge < -0.3 is 20.5 Å². The number of rotatable bonds is 8. The number of hydrogen-bond donors (Lipinski definition) is 3. The number of amides is 2. The molecule has 0 saturated heterocycles. The Morgan fingerprint density at radius 1 is 1.00 bits per heavy atom. The summed E-state index contributed by atoms with van der Waals surface area (Å²) < 4.78 is 6.09. The van der Waals surface area contributed by atoms with Crippen molar-refractivity contribution in [3.8, 4) is 11.1 Å². The number of aromatic carboxylic acids is 1. The first kappa shape index (κ1) is 24.5. The number of hydrogen-bond acceptors (Lipinski definition) is 4. The van der Waals surface area contributed by atoms with Crippen molar-refractivity contribution >= 4 is 39.6 Å². The van der Waals surface area contributed by atoms with Crippen molar-refractivity contribution in [1.82, 2.24) is 5.32 Å². The van der Waals surface area contributed by atoms with Gasteiger partial charge in [0.25, 0.3) is 0 Å². The highest BCUT2D eigenvalue weighted by molar-refractivity contribution is 9.10. The summed E-state index contributed by atoms with van der Waals surface area (Å²) >= 11 is 3.25. The smallest absolute Gasteiger partial charge is 0.407 e. The van der Waals surface area contributed by atoms with Crippen LogP contribution in [-0.4, -0.2) is 35.7 Å². The minimum atomic E-state index is -1.11. The van der Waals surface area contributed by atoms with Gasteiger partial charge in [-0.2, -0.15) is 0 Å². The third-order valence-electron chi connectivity index (χ3n) is 5.94. The molecule has 0 radical (unpaired) electrons. The van der Waals surface area contributed by atoms with E-state index >= 15 is 0 Å². The Morgan fingerprint density at radius 3 is 2.23 bits per heavy atom. The first-order valence-electron chi connectivity index (χ1n) is 11.3. The fraction of sp³-hybridized carbons (Fsp3) is 0.222. The van der Waals surface area contributed by atoms with Crippen LogP contribution in [0.15, 0.2) is 71.2 Å². The number of carboxylic acids is 1. The summed E-state index contributed by atoms with van der Waals surface area (Å²) in [7, 11) is 0. The SMILES string of the molecule is CCC[C@@H](NC(=O)OCC1c2ccccc2-c2ccccc21)C(=O)Nc1cc(Br)cc(C(=O)O)c1. The molecule has 7 nitrogen and oxygen atoms in total. The molecule has 3 N–H and O–H groups in total. The maximum Gasteiger partial charge on any atom is 0.407 e. The monoisotopic (exact) mass is 536 g/mol. The van der Waals surface area contributed by atoms with Crippen LogP contribution in [0.3, 0.4) is 0 Å². The molecule has 0 aliphatic heterocycles. The highest BCUT2D eigenvalue weighted by Crippen LogP contribution is 2.44. The van der Waals surface area contributed by atoms with Gasteiger partial charge in [-0.1, -0.05) is 77.8 Å². The lowest BCUT2D eigenvalue weighted by Gasteiger charge is -2.19. The van der Waals surface area contributed by atoms with Crippen LogP contribution in [0.4, 0.5) is 10.5 Å². The zero-order valence-corrected chi connectivity index (χ0v) is 20.7. The van der Waals surface area contributed by atoms with Gasteiger partial charge in [-0.25, -0.2) is 9.59 Å². The van der Waals surface area contributed by atoms with E-state index in [0.717, 1.165) is 22.3 Å². The number of carboxylic acid groups (broad SMARTS) is 1. The number of fused-ring (bicyclic) bond motifs is 3. The van der Waals surface area contributed by atoms with E-state index in [1.807, 2.05) is 43.3 Å². The van der Waals surface area contributed by atoms with E-state index in [2.05, 4.69) is 38.7 Å². The average molecular weight is 537 g/mol. The van der Waals surface area contributed by atoms with Crippen molar-refractivity contribution < 1.29 is 24.2 Å². The molecule has 1 atom stereocenters. The van der Waals surface area contributed by atoms with Crippen LogP contribution in [-0.2, 0) is 9.53 Å². The first-order valence-corrected chi connectivity index (χ1v) is 12.1. The molecule has 180 valence electrons. The summed E-state index contributed by atoms with van der Waals surface area (Å²) in [4.78, 5) is 36.8. The summed E-state index contributed by atoms with van der Waals surface area (Å²) in [6.45, 7) is 2.05.